The van der Waals surface area contributed by atoms with Crippen molar-refractivity contribution in [3.05, 3.63) is 89.9 Å². The maximum absolute atomic E-state index is 14.6. The van der Waals surface area contributed by atoms with Gasteiger partial charge in [0, 0.05) is 18.8 Å². The van der Waals surface area contributed by atoms with E-state index in [1.807, 2.05) is 0 Å². The molecule has 29 heavy (non-hydrogen) atoms. The van der Waals surface area contributed by atoms with Gasteiger partial charge in [0.1, 0.15) is 23.1 Å². The third kappa shape index (κ3) is 4.08. The molecule has 0 radical (unpaired) electrons. The molecule has 0 bridgehead atoms. The minimum Gasteiger partial charge on any atom is -0.508 e. The molecular formula is C22H15F3N2O2. The third-order valence-corrected chi connectivity index (χ3v) is 4.29. The van der Waals surface area contributed by atoms with Gasteiger partial charge in [0.2, 0.25) is 5.90 Å². The highest BCUT2D eigenvalue weighted by molar-refractivity contribution is 5.94. The molecule has 2 N–H and O–H groups in total. The number of hydrogen-bond acceptors (Lipinski definition) is 4. The van der Waals surface area contributed by atoms with Gasteiger partial charge in [-0.25, -0.2) is 18.2 Å². The van der Waals surface area contributed by atoms with Crippen LogP contribution in [0.3, 0.4) is 0 Å². The summed E-state index contributed by atoms with van der Waals surface area (Å²) in [7, 11) is 0. The highest BCUT2D eigenvalue weighted by Crippen LogP contribution is 2.30. The summed E-state index contributed by atoms with van der Waals surface area (Å²) in [5.74, 6) is -2.05. The fraction of sp³-hybridized carbons (Fsp3) is 0.0455. The molecular weight excluding hydrogens is 381 g/mol. The predicted octanol–water partition coefficient (Wildman–Crippen LogP) is 5.39. The molecule has 146 valence electrons. The van der Waals surface area contributed by atoms with Gasteiger partial charge in [0.15, 0.2) is 11.6 Å². The number of hydrogen-bond donors (Lipinski definition) is 2. The Kier molecular flexibility index (Phi) is 4.95. The molecule has 0 unspecified atom stereocenters. The molecule has 1 aliphatic heterocycles. The number of aromatic hydroxyl groups is 1. The fourth-order valence-corrected chi connectivity index (χ4v) is 2.88. The van der Waals surface area contributed by atoms with Gasteiger partial charge in [-0.2, -0.15) is 0 Å². The standard InChI is InChI=1S/C22H15F3N2O2/c23-16-3-1-2-14(10-16)15-8-13(9-17(28)11-15)12-27-22-18(24)4-5-19(21(22)25)29-20-6-7-26-20/h1-11,27-28H,12H2. The molecule has 0 fully saturated rings. The van der Waals surface area contributed by atoms with Crippen LogP contribution in [0.4, 0.5) is 18.9 Å². The Morgan fingerprint density at radius 3 is 2.52 bits per heavy atom. The van der Waals surface area contributed by atoms with Gasteiger partial charge in [-0.1, -0.05) is 12.1 Å². The summed E-state index contributed by atoms with van der Waals surface area (Å²) >= 11 is 0. The molecule has 0 saturated carbocycles. The van der Waals surface area contributed by atoms with E-state index in [-0.39, 0.29) is 29.6 Å². The Morgan fingerprint density at radius 1 is 0.966 bits per heavy atom. The topological polar surface area (TPSA) is 53.8 Å². The molecule has 3 aromatic carbocycles. The van der Waals surface area contributed by atoms with Crippen molar-refractivity contribution in [2.24, 2.45) is 4.99 Å². The van der Waals surface area contributed by atoms with Gasteiger partial charge in [-0.15, -0.1) is 0 Å². The zero-order valence-corrected chi connectivity index (χ0v) is 15.0. The van der Waals surface area contributed by atoms with Crippen LogP contribution < -0.4 is 10.1 Å². The predicted molar refractivity (Wildman–Crippen MR) is 104 cm³/mol. The number of phenolic OH excluding ortho intramolecular Hbond substituents is 1. The van der Waals surface area contributed by atoms with Crippen LogP contribution in [0.2, 0.25) is 0 Å². The van der Waals surface area contributed by atoms with Crippen molar-refractivity contribution < 1.29 is 23.0 Å². The van der Waals surface area contributed by atoms with Crippen LogP contribution in [0.15, 0.2) is 71.9 Å². The van der Waals surface area contributed by atoms with Crippen molar-refractivity contribution in [3.63, 3.8) is 0 Å². The van der Waals surface area contributed by atoms with E-state index in [0.717, 1.165) is 6.07 Å². The molecule has 1 heterocycles. The Balaban J connectivity index is 1.57. The van der Waals surface area contributed by atoms with Crippen LogP contribution in [-0.4, -0.2) is 11.0 Å². The maximum atomic E-state index is 14.6. The Hall–Kier alpha value is -3.74. The third-order valence-electron chi connectivity index (χ3n) is 4.29. The Labute approximate surface area is 164 Å². The number of benzene rings is 3. The van der Waals surface area contributed by atoms with Crippen molar-refractivity contribution in [2.75, 3.05) is 5.32 Å². The van der Waals surface area contributed by atoms with Gasteiger partial charge in [-0.05, 0) is 59.2 Å². The summed E-state index contributed by atoms with van der Waals surface area (Å²) in [6.45, 7) is 0.0227. The van der Waals surface area contributed by atoms with Crippen LogP contribution >= 0.6 is 0 Å². The van der Waals surface area contributed by atoms with Crippen LogP contribution in [0.25, 0.3) is 11.1 Å². The number of ether oxygens (including phenoxy) is 1. The first-order valence-electron chi connectivity index (χ1n) is 8.72. The quantitative estimate of drug-likeness (QED) is 0.608. The summed E-state index contributed by atoms with van der Waals surface area (Å²) in [6.07, 6.45) is 3.05. The fourth-order valence-electron chi connectivity index (χ4n) is 2.88. The van der Waals surface area contributed by atoms with E-state index >= 15 is 0 Å². The average Bonchev–Trinajstić information content (AvgIpc) is 2.65. The molecule has 0 aliphatic carbocycles. The maximum Gasteiger partial charge on any atom is 0.220 e. The second kappa shape index (κ2) is 7.71. The van der Waals surface area contributed by atoms with Crippen molar-refractivity contribution in [1.29, 1.82) is 0 Å². The van der Waals surface area contributed by atoms with Crippen LogP contribution in [0.1, 0.15) is 5.56 Å². The van der Waals surface area contributed by atoms with E-state index in [4.69, 9.17) is 4.74 Å². The lowest BCUT2D eigenvalue weighted by Gasteiger charge is -2.14. The zero-order valence-electron chi connectivity index (χ0n) is 15.0. The molecule has 4 rings (SSSR count). The average molecular weight is 396 g/mol. The van der Waals surface area contributed by atoms with Crippen LogP contribution in [-0.2, 0) is 6.54 Å². The molecule has 7 heteroatoms. The van der Waals surface area contributed by atoms with Crippen molar-refractivity contribution >= 4 is 11.6 Å². The molecule has 0 saturated heterocycles. The van der Waals surface area contributed by atoms with Gasteiger partial charge in [-0.3, -0.25) is 0 Å². The SMILES string of the molecule is Oc1cc(CNc2c(F)ccc(OC3=NC=C3)c2F)cc(-c2cccc(F)c2)c1. The van der Waals surface area contributed by atoms with E-state index in [2.05, 4.69) is 10.3 Å². The highest BCUT2D eigenvalue weighted by atomic mass is 19.1. The lowest BCUT2D eigenvalue weighted by atomic mass is 10.0. The minimum atomic E-state index is -0.890. The lowest BCUT2D eigenvalue weighted by molar-refractivity contribution is 0.475. The molecule has 0 spiro atoms. The van der Waals surface area contributed by atoms with Gasteiger partial charge < -0.3 is 15.2 Å². The molecule has 0 amide bonds. The van der Waals surface area contributed by atoms with Gasteiger partial charge in [0.25, 0.3) is 0 Å². The number of nitrogens with zero attached hydrogens (tertiary/aromatic N) is 1. The molecule has 0 atom stereocenters. The summed E-state index contributed by atoms with van der Waals surface area (Å²) in [4.78, 5) is 3.78. The lowest BCUT2D eigenvalue weighted by Crippen LogP contribution is -2.12. The second-order valence-electron chi connectivity index (χ2n) is 6.37. The number of nitrogens with one attached hydrogen (secondary N) is 1. The van der Waals surface area contributed by atoms with E-state index in [0.29, 0.717) is 16.7 Å². The van der Waals surface area contributed by atoms with Crippen LogP contribution in [0.5, 0.6) is 11.5 Å². The summed E-state index contributed by atoms with van der Waals surface area (Å²) < 4.78 is 47.5. The van der Waals surface area contributed by atoms with E-state index < -0.39 is 17.5 Å². The van der Waals surface area contributed by atoms with Crippen molar-refractivity contribution in [2.45, 2.75) is 6.54 Å². The molecule has 3 aromatic rings. The first-order valence-corrected chi connectivity index (χ1v) is 8.72. The Morgan fingerprint density at radius 2 is 1.79 bits per heavy atom. The minimum absolute atomic E-state index is 0.0227. The first kappa shape index (κ1) is 18.6. The Bertz CT molecular complexity index is 1140. The number of phenols is 1. The van der Waals surface area contributed by atoms with E-state index in [1.165, 1.54) is 36.5 Å². The zero-order chi connectivity index (χ0) is 20.4. The monoisotopic (exact) mass is 396 g/mol. The van der Waals surface area contributed by atoms with Crippen molar-refractivity contribution in [3.8, 4) is 22.6 Å². The highest BCUT2D eigenvalue weighted by Gasteiger charge is 2.17. The van der Waals surface area contributed by atoms with Gasteiger partial charge >= 0.3 is 0 Å². The smallest absolute Gasteiger partial charge is 0.220 e. The van der Waals surface area contributed by atoms with Gasteiger partial charge in [0.05, 0.1) is 0 Å². The van der Waals surface area contributed by atoms with Crippen molar-refractivity contribution in [1.82, 2.24) is 0 Å². The summed E-state index contributed by atoms with van der Waals surface area (Å²) in [5.41, 5.74) is 1.35. The molecule has 4 nitrogen and oxygen atoms in total. The molecule has 0 aromatic heterocycles. The first-order chi connectivity index (χ1) is 14.0. The van der Waals surface area contributed by atoms with E-state index in [1.54, 1.807) is 24.3 Å². The summed E-state index contributed by atoms with van der Waals surface area (Å²) in [6, 6.07) is 12.8. The second-order valence-corrected chi connectivity index (χ2v) is 6.37. The number of anilines is 1. The normalized spacial score (nSPS) is 12.3. The molecule has 1 aliphatic rings. The number of rotatable bonds is 5. The van der Waals surface area contributed by atoms with E-state index in [9.17, 15) is 18.3 Å². The largest absolute Gasteiger partial charge is 0.508 e. The number of aliphatic imine (C=N–C) groups is 1. The number of halogens is 3. The summed E-state index contributed by atoms with van der Waals surface area (Å²) in [5, 5.41) is 12.7. The van der Waals surface area contributed by atoms with Crippen LogP contribution in [0, 0.1) is 17.5 Å².